The molecule has 1 aromatic heterocycles. The molecule has 0 aliphatic carbocycles. The van der Waals surface area contributed by atoms with E-state index >= 15 is 0 Å². The summed E-state index contributed by atoms with van der Waals surface area (Å²) in [6.45, 7) is 6.35. The first-order chi connectivity index (χ1) is 12.5. The Bertz CT molecular complexity index is 703. The third-order valence-electron chi connectivity index (χ3n) is 5.23. The number of nitrogens with zero attached hydrogens (tertiary/aromatic N) is 2. The van der Waals surface area contributed by atoms with Crippen molar-refractivity contribution >= 4 is 27.3 Å². The molecule has 2 aliphatic rings. The van der Waals surface area contributed by atoms with Gasteiger partial charge in [0.1, 0.15) is 9.77 Å². The molecule has 3 heterocycles. The summed E-state index contributed by atoms with van der Waals surface area (Å²) < 4.78 is 27.4. The molecule has 3 rings (SSSR count). The molecular formula is C18H29N3O3S2. The van der Waals surface area contributed by atoms with Gasteiger partial charge in [0.05, 0.1) is 0 Å². The fourth-order valence-electron chi connectivity index (χ4n) is 3.78. The zero-order valence-electron chi connectivity index (χ0n) is 15.4. The molecule has 2 fully saturated rings. The summed E-state index contributed by atoms with van der Waals surface area (Å²) in [7, 11) is -3.58. The lowest BCUT2D eigenvalue weighted by atomic mass is 10.0. The molecular weight excluding hydrogens is 370 g/mol. The van der Waals surface area contributed by atoms with E-state index in [1.807, 2.05) is 0 Å². The average Bonchev–Trinajstić information content (AvgIpc) is 3.15. The Kier molecular flexibility index (Phi) is 6.71. The van der Waals surface area contributed by atoms with E-state index in [0.717, 1.165) is 58.2 Å². The normalized spacial score (nSPS) is 21.0. The smallest absolute Gasteiger partial charge is 0.262 e. The van der Waals surface area contributed by atoms with E-state index in [1.165, 1.54) is 15.6 Å². The Labute approximate surface area is 160 Å². The number of likely N-dealkylation sites (tertiary alicyclic amines) is 1. The van der Waals surface area contributed by atoms with Crippen LogP contribution >= 0.6 is 11.3 Å². The number of thiophene rings is 1. The second-order valence-electron chi connectivity index (χ2n) is 7.17. The van der Waals surface area contributed by atoms with Crippen LogP contribution in [-0.4, -0.2) is 62.3 Å². The molecule has 0 bridgehead atoms. The van der Waals surface area contributed by atoms with Gasteiger partial charge in [-0.2, -0.15) is 4.31 Å². The second-order valence-corrected chi connectivity index (χ2v) is 9.99. The van der Waals surface area contributed by atoms with Crippen molar-refractivity contribution in [1.82, 2.24) is 14.5 Å². The van der Waals surface area contributed by atoms with Crippen LogP contribution in [0.5, 0.6) is 0 Å². The van der Waals surface area contributed by atoms with Crippen LogP contribution in [0.25, 0.3) is 0 Å². The Morgan fingerprint density at radius 1 is 1.19 bits per heavy atom. The van der Waals surface area contributed by atoms with Gasteiger partial charge in [-0.1, -0.05) is 13.3 Å². The van der Waals surface area contributed by atoms with Gasteiger partial charge in [-0.15, -0.1) is 11.3 Å². The molecule has 1 N–H and O–H groups in total. The van der Waals surface area contributed by atoms with Crippen LogP contribution in [0.1, 0.15) is 55.1 Å². The lowest BCUT2D eigenvalue weighted by Crippen LogP contribution is -2.45. The van der Waals surface area contributed by atoms with Crippen molar-refractivity contribution in [3.05, 3.63) is 16.3 Å². The highest BCUT2D eigenvalue weighted by Gasteiger charge is 2.31. The number of carbonyl (C=O) groups is 1. The predicted octanol–water partition coefficient (Wildman–Crippen LogP) is 2.53. The van der Waals surface area contributed by atoms with Crippen LogP contribution < -0.4 is 5.32 Å². The van der Waals surface area contributed by atoms with Gasteiger partial charge in [-0.3, -0.25) is 4.79 Å². The molecule has 146 valence electrons. The summed E-state index contributed by atoms with van der Waals surface area (Å²) in [4.78, 5) is 15.6. The first kappa shape index (κ1) is 19.8. The van der Waals surface area contributed by atoms with Gasteiger partial charge in [0, 0.05) is 32.2 Å². The Morgan fingerprint density at radius 3 is 2.54 bits per heavy atom. The quantitative estimate of drug-likeness (QED) is 0.798. The SMILES string of the molecule is CCCN1CCC(NC(=O)c2sccc2S(=O)(=O)N2CCCCC2)CC1. The van der Waals surface area contributed by atoms with Crippen molar-refractivity contribution in [3.8, 4) is 0 Å². The zero-order valence-corrected chi connectivity index (χ0v) is 17.1. The van der Waals surface area contributed by atoms with Crippen LogP contribution in [-0.2, 0) is 10.0 Å². The van der Waals surface area contributed by atoms with Gasteiger partial charge in [0.15, 0.2) is 0 Å². The monoisotopic (exact) mass is 399 g/mol. The summed E-state index contributed by atoms with van der Waals surface area (Å²) in [5.74, 6) is -0.246. The first-order valence-electron chi connectivity index (χ1n) is 9.63. The van der Waals surface area contributed by atoms with Crippen LogP contribution in [0.15, 0.2) is 16.3 Å². The van der Waals surface area contributed by atoms with Gasteiger partial charge >= 0.3 is 0 Å². The van der Waals surface area contributed by atoms with Gasteiger partial charge in [-0.25, -0.2) is 8.42 Å². The largest absolute Gasteiger partial charge is 0.348 e. The lowest BCUT2D eigenvalue weighted by molar-refractivity contribution is 0.0912. The Hall–Kier alpha value is -0.960. The second kappa shape index (κ2) is 8.82. The minimum Gasteiger partial charge on any atom is -0.348 e. The van der Waals surface area contributed by atoms with Crippen LogP contribution in [0.3, 0.4) is 0 Å². The van der Waals surface area contributed by atoms with Crippen molar-refractivity contribution in [2.24, 2.45) is 0 Å². The fraction of sp³-hybridized carbons (Fsp3) is 0.722. The van der Waals surface area contributed by atoms with Crippen molar-refractivity contribution in [2.45, 2.75) is 56.4 Å². The van der Waals surface area contributed by atoms with E-state index in [2.05, 4.69) is 17.1 Å². The number of sulfonamides is 1. The summed E-state index contributed by atoms with van der Waals surface area (Å²) in [5, 5.41) is 4.77. The molecule has 1 amide bonds. The number of amides is 1. The highest BCUT2D eigenvalue weighted by Crippen LogP contribution is 2.27. The van der Waals surface area contributed by atoms with Crippen molar-refractivity contribution in [1.29, 1.82) is 0 Å². The summed E-state index contributed by atoms with van der Waals surface area (Å²) in [6, 6.07) is 1.70. The molecule has 0 saturated carbocycles. The van der Waals surface area contributed by atoms with Crippen molar-refractivity contribution < 1.29 is 13.2 Å². The molecule has 26 heavy (non-hydrogen) atoms. The molecule has 0 spiro atoms. The molecule has 6 nitrogen and oxygen atoms in total. The average molecular weight is 400 g/mol. The standard InChI is InChI=1S/C18H29N3O3S2/c1-2-9-20-12-6-15(7-13-20)19-18(22)17-16(8-14-25-17)26(23,24)21-10-4-3-5-11-21/h8,14-15H,2-7,9-13H2,1H3,(H,19,22). The zero-order chi connectivity index (χ0) is 18.6. The number of nitrogens with one attached hydrogen (secondary N) is 1. The maximum atomic E-state index is 12.9. The Balaban J connectivity index is 1.65. The summed E-state index contributed by atoms with van der Waals surface area (Å²) >= 11 is 1.22. The van der Waals surface area contributed by atoms with E-state index in [-0.39, 0.29) is 16.8 Å². The van der Waals surface area contributed by atoms with Crippen molar-refractivity contribution in [3.63, 3.8) is 0 Å². The number of hydrogen-bond acceptors (Lipinski definition) is 5. The minimum absolute atomic E-state index is 0.128. The van der Waals surface area contributed by atoms with E-state index in [9.17, 15) is 13.2 Å². The molecule has 1 aromatic rings. The first-order valence-corrected chi connectivity index (χ1v) is 11.9. The van der Waals surface area contributed by atoms with Crippen LogP contribution in [0, 0.1) is 0 Å². The third-order valence-corrected chi connectivity index (χ3v) is 8.21. The molecule has 2 saturated heterocycles. The predicted molar refractivity (Wildman–Crippen MR) is 104 cm³/mol. The van der Waals surface area contributed by atoms with Crippen molar-refractivity contribution in [2.75, 3.05) is 32.7 Å². The summed E-state index contributed by atoms with van der Waals surface area (Å²) in [5.41, 5.74) is 0. The van der Waals surface area contributed by atoms with Gasteiger partial charge in [0.25, 0.3) is 5.91 Å². The molecule has 0 radical (unpaired) electrons. The topological polar surface area (TPSA) is 69.7 Å². The summed E-state index contributed by atoms with van der Waals surface area (Å²) in [6.07, 6.45) is 5.84. The molecule has 0 unspecified atom stereocenters. The number of rotatable bonds is 6. The highest BCUT2D eigenvalue weighted by atomic mass is 32.2. The lowest BCUT2D eigenvalue weighted by Gasteiger charge is -2.32. The Morgan fingerprint density at radius 2 is 1.88 bits per heavy atom. The minimum atomic E-state index is -3.58. The molecule has 0 atom stereocenters. The van der Waals surface area contributed by atoms with Crippen LogP contribution in [0.2, 0.25) is 0 Å². The van der Waals surface area contributed by atoms with Crippen LogP contribution in [0.4, 0.5) is 0 Å². The van der Waals surface area contributed by atoms with Gasteiger partial charge in [-0.05, 0) is 50.1 Å². The maximum Gasteiger partial charge on any atom is 0.262 e. The van der Waals surface area contributed by atoms with E-state index in [4.69, 9.17) is 0 Å². The van der Waals surface area contributed by atoms with E-state index in [1.54, 1.807) is 11.4 Å². The van der Waals surface area contributed by atoms with Gasteiger partial charge < -0.3 is 10.2 Å². The number of piperidine rings is 2. The maximum absolute atomic E-state index is 12.9. The number of hydrogen-bond donors (Lipinski definition) is 1. The van der Waals surface area contributed by atoms with Gasteiger partial charge in [0.2, 0.25) is 10.0 Å². The fourth-order valence-corrected chi connectivity index (χ4v) is 6.60. The highest BCUT2D eigenvalue weighted by molar-refractivity contribution is 7.89. The number of carbonyl (C=O) groups excluding carboxylic acids is 1. The van der Waals surface area contributed by atoms with E-state index in [0.29, 0.717) is 18.0 Å². The molecule has 8 heteroatoms. The molecule has 2 aliphatic heterocycles. The van der Waals surface area contributed by atoms with E-state index < -0.39 is 10.0 Å². The third kappa shape index (κ3) is 4.47. The molecule has 0 aromatic carbocycles.